The van der Waals surface area contributed by atoms with E-state index in [1.165, 1.54) is 6.07 Å². The molecule has 0 bridgehead atoms. The molecule has 3 nitrogen and oxygen atoms in total. The highest BCUT2D eigenvalue weighted by atomic mass is 19.1. The van der Waals surface area contributed by atoms with Gasteiger partial charge in [0.25, 0.3) is 0 Å². The maximum Gasteiger partial charge on any atom is 0.146 e. The second-order valence-corrected chi connectivity index (χ2v) is 4.41. The molecule has 0 aliphatic carbocycles. The zero-order valence-corrected chi connectivity index (χ0v) is 10.4. The van der Waals surface area contributed by atoms with Gasteiger partial charge in [0.1, 0.15) is 5.82 Å². The van der Waals surface area contributed by atoms with Crippen molar-refractivity contribution in [1.29, 1.82) is 0 Å². The minimum atomic E-state index is -0.146. The number of hydrogen-bond acceptors (Lipinski definition) is 3. The molecule has 1 aromatic rings. The largest absolute Gasteiger partial charge is 0.375 e. The SMILES string of the molecule is CNCc1cccc(F)c1N1CCOC(C)C1. The molecule has 1 heterocycles. The van der Waals surface area contributed by atoms with Crippen molar-refractivity contribution in [3.8, 4) is 0 Å². The molecule has 0 amide bonds. The van der Waals surface area contributed by atoms with Crippen LogP contribution in [-0.4, -0.2) is 32.8 Å². The van der Waals surface area contributed by atoms with E-state index in [2.05, 4.69) is 10.2 Å². The van der Waals surface area contributed by atoms with Gasteiger partial charge in [-0.05, 0) is 25.6 Å². The Morgan fingerprint density at radius 3 is 3.06 bits per heavy atom. The molecule has 1 aromatic carbocycles. The number of para-hydroxylation sites is 1. The second-order valence-electron chi connectivity index (χ2n) is 4.41. The quantitative estimate of drug-likeness (QED) is 0.868. The molecule has 1 fully saturated rings. The molecule has 0 saturated carbocycles. The van der Waals surface area contributed by atoms with Crippen molar-refractivity contribution < 1.29 is 9.13 Å². The van der Waals surface area contributed by atoms with E-state index in [0.29, 0.717) is 13.2 Å². The van der Waals surface area contributed by atoms with Crippen LogP contribution in [0.5, 0.6) is 0 Å². The maximum absolute atomic E-state index is 14.0. The van der Waals surface area contributed by atoms with Gasteiger partial charge in [-0.3, -0.25) is 0 Å². The summed E-state index contributed by atoms with van der Waals surface area (Å²) in [4.78, 5) is 2.08. The third-order valence-corrected chi connectivity index (χ3v) is 2.99. The van der Waals surface area contributed by atoms with E-state index < -0.39 is 0 Å². The van der Waals surface area contributed by atoms with Crippen molar-refractivity contribution in [1.82, 2.24) is 5.32 Å². The molecule has 94 valence electrons. The lowest BCUT2D eigenvalue weighted by Crippen LogP contribution is -2.42. The normalized spacial score (nSPS) is 20.6. The zero-order chi connectivity index (χ0) is 12.3. The lowest BCUT2D eigenvalue weighted by Gasteiger charge is -2.34. The molecule has 1 unspecified atom stereocenters. The first-order valence-electron chi connectivity index (χ1n) is 6.01. The lowest BCUT2D eigenvalue weighted by atomic mass is 10.1. The van der Waals surface area contributed by atoms with Gasteiger partial charge in [-0.15, -0.1) is 0 Å². The molecule has 0 spiro atoms. The Balaban J connectivity index is 2.28. The van der Waals surface area contributed by atoms with Crippen LogP contribution in [0, 0.1) is 5.82 Å². The Morgan fingerprint density at radius 2 is 2.35 bits per heavy atom. The van der Waals surface area contributed by atoms with Gasteiger partial charge in [-0.1, -0.05) is 12.1 Å². The molecular weight excluding hydrogens is 219 g/mol. The summed E-state index contributed by atoms with van der Waals surface area (Å²) >= 11 is 0. The van der Waals surface area contributed by atoms with E-state index in [4.69, 9.17) is 4.74 Å². The summed E-state index contributed by atoms with van der Waals surface area (Å²) in [5.41, 5.74) is 1.72. The Morgan fingerprint density at radius 1 is 1.53 bits per heavy atom. The molecule has 0 aromatic heterocycles. The Bertz CT molecular complexity index is 384. The molecule has 1 saturated heterocycles. The van der Waals surface area contributed by atoms with Crippen molar-refractivity contribution in [2.45, 2.75) is 19.6 Å². The van der Waals surface area contributed by atoms with Crippen LogP contribution in [0.3, 0.4) is 0 Å². The van der Waals surface area contributed by atoms with Gasteiger partial charge >= 0.3 is 0 Å². The third kappa shape index (κ3) is 2.76. The van der Waals surface area contributed by atoms with Crippen LogP contribution in [-0.2, 0) is 11.3 Å². The average molecular weight is 238 g/mol. The van der Waals surface area contributed by atoms with Gasteiger partial charge in [-0.2, -0.15) is 0 Å². The zero-order valence-electron chi connectivity index (χ0n) is 10.4. The van der Waals surface area contributed by atoms with Crippen LogP contribution in [0.2, 0.25) is 0 Å². The van der Waals surface area contributed by atoms with Crippen molar-refractivity contribution in [3.05, 3.63) is 29.6 Å². The average Bonchev–Trinajstić information content (AvgIpc) is 2.29. The molecule has 1 N–H and O–H groups in total. The molecular formula is C13H19FN2O. The summed E-state index contributed by atoms with van der Waals surface area (Å²) in [6.07, 6.45) is 0.158. The monoisotopic (exact) mass is 238 g/mol. The fraction of sp³-hybridized carbons (Fsp3) is 0.538. The number of benzene rings is 1. The Kier molecular flexibility index (Phi) is 3.97. The van der Waals surface area contributed by atoms with Crippen molar-refractivity contribution in [2.75, 3.05) is 31.6 Å². The van der Waals surface area contributed by atoms with E-state index >= 15 is 0 Å². The number of nitrogens with one attached hydrogen (secondary N) is 1. The van der Waals surface area contributed by atoms with Crippen LogP contribution in [0.4, 0.5) is 10.1 Å². The van der Waals surface area contributed by atoms with Gasteiger partial charge in [0.05, 0.1) is 18.4 Å². The Hall–Kier alpha value is -1.13. The fourth-order valence-electron chi connectivity index (χ4n) is 2.27. The van der Waals surface area contributed by atoms with Crippen LogP contribution in [0.25, 0.3) is 0 Å². The van der Waals surface area contributed by atoms with E-state index in [1.54, 1.807) is 6.07 Å². The number of morpholine rings is 1. The van der Waals surface area contributed by atoms with Crippen molar-refractivity contribution in [3.63, 3.8) is 0 Å². The van der Waals surface area contributed by atoms with Gasteiger partial charge in [0.2, 0.25) is 0 Å². The summed E-state index contributed by atoms with van der Waals surface area (Å²) < 4.78 is 19.5. The molecule has 1 aliphatic heterocycles. The number of nitrogens with zero attached hydrogens (tertiary/aromatic N) is 1. The molecule has 2 rings (SSSR count). The summed E-state index contributed by atoms with van der Waals surface area (Å²) in [5.74, 6) is -0.146. The number of ether oxygens (including phenoxy) is 1. The van der Waals surface area contributed by atoms with E-state index in [9.17, 15) is 4.39 Å². The third-order valence-electron chi connectivity index (χ3n) is 2.99. The predicted octanol–water partition coefficient (Wildman–Crippen LogP) is 1.77. The maximum atomic E-state index is 14.0. The number of anilines is 1. The summed E-state index contributed by atoms with van der Waals surface area (Å²) in [6, 6.07) is 5.25. The first-order valence-corrected chi connectivity index (χ1v) is 6.01. The van der Waals surface area contributed by atoms with Crippen LogP contribution in [0.1, 0.15) is 12.5 Å². The van der Waals surface area contributed by atoms with E-state index in [-0.39, 0.29) is 11.9 Å². The van der Waals surface area contributed by atoms with Gasteiger partial charge in [0.15, 0.2) is 0 Å². The molecule has 1 atom stereocenters. The second kappa shape index (κ2) is 5.47. The van der Waals surface area contributed by atoms with Gasteiger partial charge in [0, 0.05) is 19.6 Å². The molecule has 4 heteroatoms. The topological polar surface area (TPSA) is 24.5 Å². The molecule has 0 radical (unpaired) electrons. The molecule has 1 aliphatic rings. The highest BCUT2D eigenvalue weighted by molar-refractivity contribution is 5.55. The minimum Gasteiger partial charge on any atom is -0.375 e. The number of hydrogen-bond donors (Lipinski definition) is 1. The summed E-state index contributed by atoms with van der Waals surface area (Å²) in [6.45, 7) is 4.86. The number of rotatable bonds is 3. The number of halogens is 1. The summed E-state index contributed by atoms with van der Waals surface area (Å²) in [5, 5.41) is 3.08. The highest BCUT2D eigenvalue weighted by Crippen LogP contribution is 2.26. The van der Waals surface area contributed by atoms with Crippen LogP contribution >= 0.6 is 0 Å². The predicted molar refractivity (Wildman–Crippen MR) is 66.8 cm³/mol. The highest BCUT2D eigenvalue weighted by Gasteiger charge is 2.21. The van der Waals surface area contributed by atoms with Crippen LogP contribution < -0.4 is 10.2 Å². The van der Waals surface area contributed by atoms with Crippen molar-refractivity contribution in [2.24, 2.45) is 0 Å². The summed E-state index contributed by atoms with van der Waals surface area (Å²) in [7, 11) is 1.87. The molecule has 17 heavy (non-hydrogen) atoms. The first-order chi connectivity index (χ1) is 8.22. The van der Waals surface area contributed by atoms with Crippen molar-refractivity contribution >= 4 is 5.69 Å². The van der Waals surface area contributed by atoms with Crippen LogP contribution in [0.15, 0.2) is 18.2 Å². The first kappa shape index (κ1) is 12.3. The standard InChI is InChI=1S/C13H19FN2O/c1-10-9-16(6-7-17-10)13-11(8-15-2)4-3-5-12(13)14/h3-5,10,15H,6-9H2,1-2H3. The lowest BCUT2D eigenvalue weighted by molar-refractivity contribution is 0.0529. The van der Waals surface area contributed by atoms with Gasteiger partial charge in [-0.25, -0.2) is 4.39 Å². The Labute approximate surface area is 102 Å². The van der Waals surface area contributed by atoms with E-state index in [1.807, 2.05) is 20.0 Å². The van der Waals surface area contributed by atoms with E-state index in [0.717, 1.165) is 24.3 Å². The van der Waals surface area contributed by atoms with Gasteiger partial charge < -0.3 is 15.0 Å². The minimum absolute atomic E-state index is 0.146. The fourth-order valence-corrected chi connectivity index (χ4v) is 2.27. The smallest absolute Gasteiger partial charge is 0.146 e.